The van der Waals surface area contributed by atoms with Crippen LogP contribution in [0.25, 0.3) is 10.9 Å². The predicted octanol–water partition coefficient (Wildman–Crippen LogP) is 2.93. The van der Waals surface area contributed by atoms with Crippen LogP contribution >= 0.6 is 11.8 Å². The Morgan fingerprint density at radius 3 is 2.76 bits per heavy atom. The second-order valence-corrected chi connectivity index (χ2v) is 10.2. The molecule has 3 N–H and O–H groups in total. The molecule has 3 aromatic rings. The Kier molecular flexibility index (Phi) is 5.37. The number of hydrogen-bond donors (Lipinski definition) is 3. The summed E-state index contributed by atoms with van der Waals surface area (Å²) >= 11 is 1.28. The number of aromatic nitrogens is 3. The van der Waals surface area contributed by atoms with Crippen molar-refractivity contribution in [3.8, 4) is 5.75 Å². The zero-order valence-electron chi connectivity index (χ0n) is 18.7. The molecule has 10 heteroatoms. The summed E-state index contributed by atoms with van der Waals surface area (Å²) in [5.41, 5.74) is 0.541. The van der Waals surface area contributed by atoms with E-state index in [-0.39, 0.29) is 34.4 Å². The highest BCUT2D eigenvalue weighted by Crippen LogP contribution is 2.41. The number of H-pyrrole nitrogens is 2. The monoisotopic (exact) mass is 470 g/mol. The molecular weight excluding hydrogens is 444 g/mol. The van der Waals surface area contributed by atoms with Gasteiger partial charge < -0.3 is 19.8 Å². The number of thioether (sulfide) groups is 1. The Hall–Kier alpha value is -2.98. The van der Waals surface area contributed by atoms with Gasteiger partial charge in [-0.25, -0.2) is 0 Å². The fourth-order valence-corrected chi connectivity index (χ4v) is 5.83. The molecule has 174 valence electrons. The van der Waals surface area contributed by atoms with Crippen molar-refractivity contribution < 1.29 is 14.3 Å². The lowest BCUT2D eigenvalue weighted by Crippen LogP contribution is -2.36. The fourth-order valence-electron chi connectivity index (χ4n) is 4.70. The first-order valence-electron chi connectivity index (χ1n) is 10.9. The SMILES string of the molecule is COc1ccc2cc([C@H]3SCC(=O)Nc4c3c(=O)[nH]n4[C@@H]3CCOC(C)(C)C3)c(=O)[nH]c2c1. The van der Waals surface area contributed by atoms with Crippen molar-refractivity contribution in [2.45, 2.75) is 43.6 Å². The van der Waals surface area contributed by atoms with Gasteiger partial charge in [0.2, 0.25) is 5.91 Å². The van der Waals surface area contributed by atoms with Crippen molar-refractivity contribution in [1.29, 1.82) is 0 Å². The third-order valence-electron chi connectivity index (χ3n) is 6.26. The number of benzene rings is 1. The molecule has 0 radical (unpaired) electrons. The lowest BCUT2D eigenvalue weighted by Gasteiger charge is -2.36. The van der Waals surface area contributed by atoms with Gasteiger partial charge in [-0.05, 0) is 50.3 Å². The van der Waals surface area contributed by atoms with E-state index < -0.39 is 5.25 Å². The van der Waals surface area contributed by atoms with Crippen LogP contribution in [0.3, 0.4) is 0 Å². The Labute approximate surface area is 193 Å². The Bertz CT molecular complexity index is 1360. The number of amides is 1. The molecule has 0 bridgehead atoms. The molecule has 2 aliphatic heterocycles. The van der Waals surface area contributed by atoms with E-state index in [4.69, 9.17) is 9.47 Å². The van der Waals surface area contributed by atoms with Crippen LogP contribution in [0, 0.1) is 0 Å². The predicted molar refractivity (Wildman–Crippen MR) is 127 cm³/mol. The van der Waals surface area contributed by atoms with Gasteiger partial charge in [-0.3, -0.25) is 24.2 Å². The molecule has 0 aliphatic carbocycles. The van der Waals surface area contributed by atoms with Crippen molar-refractivity contribution in [3.05, 3.63) is 56.1 Å². The van der Waals surface area contributed by atoms with E-state index in [1.54, 1.807) is 23.9 Å². The average Bonchev–Trinajstić information content (AvgIpc) is 2.98. The molecule has 1 saturated heterocycles. The van der Waals surface area contributed by atoms with Crippen LogP contribution < -0.4 is 21.2 Å². The maximum absolute atomic E-state index is 13.2. The third kappa shape index (κ3) is 3.97. The highest BCUT2D eigenvalue weighted by atomic mass is 32.2. The minimum Gasteiger partial charge on any atom is -0.497 e. The van der Waals surface area contributed by atoms with Crippen molar-refractivity contribution in [1.82, 2.24) is 14.8 Å². The number of nitrogens with zero attached hydrogens (tertiary/aromatic N) is 1. The number of aromatic amines is 2. The quantitative estimate of drug-likeness (QED) is 0.542. The maximum Gasteiger partial charge on any atom is 0.270 e. The largest absolute Gasteiger partial charge is 0.497 e. The number of pyridine rings is 1. The van der Waals surface area contributed by atoms with Gasteiger partial charge in [-0.2, -0.15) is 0 Å². The Morgan fingerprint density at radius 2 is 2.00 bits per heavy atom. The van der Waals surface area contributed by atoms with E-state index in [0.29, 0.717) is 47.7 Å². The molecule has 0 spiro atoms. The summed E-state index contributed by atoms with van der Waals surface area (Å²) < 4.78 is 12.8. The lowest BCUT2D eigenvalue weighted by atomic mass is 9.94. The number of carbonyl (C=O) groups excluding carboxylic acids is 1. The molecule has 1 amide bonds. The summed E-state index contributed by atoms with van der Waals surface area (Å²) in [4.78, 5) is 41.8. The summed E-state index contributed by atoms with van der Waals surface area (Å²) in [5, 5.41) is 6.07. The Balaban J connectivity index is 1.64. The number of methoxy groups -OCH3 is 1. The van der Waals surface area contributed by atoms with Crippen molar-refractivity contribution in [2.75, 3.05) is 24.8 Å². The number of carbonyl (C=O) groups is 1. The highest BCUT2D eigenvalue weighted by Gasteiger charge is 2.36. The van der Waals surface area contributed by atoms with E-state index in [1.807, 2.05) is 26.0 Å². The van der Waals surface area contributed by atoms with Crippen LogP contribution in [0.2, 0.25) is 0 Å². The molecule has 5 rings (SSSR count). The van der Waals surface area contributed by atoms with Crippen molar-refractivity contribution in [2.24, 2.45) is 0 Å². The van der Waals surface area contributed by atoms with Gasteiger partial charge in [0.25, 0.3) is 11.1 Å². The molecule has 2 aliphatic rings. The smallest absolute Gasteiger partial charge is 0.270 e. The van der Waals surface area contributed by atoms with Crippen LogP contribution in [0.15, 0.2) is 33.9 Å². The zero-order valence-corrected chi connectivity index (χ0v) is 19.5. The van der Waals surface area contributed by atoms with Crippen molar-refractivity contribution in [3.63, 3.8) is 0 Å². The maximum atomic E-state index is 13.2. The first kappa shape index (κ1) is 21.8. The van der Waals surface area contributed by atoms with E-state index in [2.05, 4.69) is 15.4 Å². The van der Waals surface area contributed by atoms with Gasteiger partial charge in [0.15, 0.2) is 0 Å². The van der Waals surface area contributed by atoms with Gasteiger partial charge in [-0.1, -0.05) is 0 Å². The van der Waals surface area contributed by atoms with E-state index in [1.165, 1.54) is 11.8 Å². The number of hydrogen-bond acceptors (Lipinski definition) is 6. The molecule has 1 fully saturated rings. The lowest BCUT2D eigenvalue weighted by molar-refractivity contribution is -0.113. The molecule has 33 heavy (non-hydrogen) atoms. The van der Waals surface area contributed by atoms with E-state index in [9.17, 15) is 14.4 Å². The van der Waals surface area contributed by atoms with E-state index >= 15 is 0 Å². The van der Waals surface area contributed by atoms with Gasteiger partial charge >= 0.3 is 0 Å². The average molecular weight is 471 g/mol. The first-order valence-corrected chi connectivity index (χ1v) is 11.9. The number of nitrogens with one attached hydrogen (secondary N) is 3. The van der Waals surface area contributed by atoms with E-state index in [0.717, 1.165) is 5.39 Å². The first-order chi connectivity index (χ1) is 15.8. The fraction of sp³-hybridized carbons (Fsp3) is 0.435. The second kappa shape index (κ2) is 8.11. The molecule has 0 saturated carbocycles. The van der Waals surface area contributed by atoms with Crippen LogP contribution in [-0.4, -0.2) is 45.7 Å². The second-order valence-electron chi connectivity index (χ2n) is 9.07. The third-order valence-corrected chi connectivity index (χ3v) is 7.52. The summed E-state index contributed by atoms with van der Waals surface area (Å²) in [6.07, 6.45) is 1.41. The number of fused-ring (bicyclic) bond motifs is 2. The summed E-state index contributed by atoms with van der Waals surface area (Å²) in [5.74, 6) is 1.01. The molecule has 9 nitrogen and oxygen atoms in total. The van der Waals surface area contributed by atoms with Gasteiger partial charge in [-0.15, -0.1) is 11.8 Å². The highest BCUT2D eigenvalue weighted by molar-refractivity contribution is 8.00. The number of ether oxygens (including phenoxy) is 2. The standard InChI is InChI=1S/C23H26N4O5S/c1-23(2)10-13(6-7-32-23)27-20-18(22(30)26-27)19(33-11-17(28)25-20)15-8-12-4-5-14(31-3)9-16(12)24-21(15)29/h4-5,8-9,13,19H,6-7,10-11H2,1-3H3,(H,24,29)(H,25,28)(H,26,30)/t13-,19-/m1/s1. The summed E-state index contributed by atoms with van der Waals surface area (Å²) in [6.45, 7) is 4.59. The molecule has 2 aromatic heterocycles. The Morgan fingerprint density at radius 1 is 1.18 bits per heavy atom. The van der Waals surface area contributed by atoms with Crippen LogP contribution in [-0.2, 0) is 9.53 Å². The minimum atomic E-state index is -0.591. The number of anilines is 1. The zero-order chi connectivity index (χ0) is 23.3. The summed E-state index contributed by atoms with van der Waals surface area (Å²) in [7, 11) is 1.57. The molecule has 2 atom stereocenters. The summed E-state index contributed by atoms with van der Waals surface area (Å²) in [6, 6.07) is 7.19. The molecular formula is C23H26N4O5S. The van der Waals surface area contributed by atoms with Gasteiger partial charge in [0.1, 0.15) is 11.6 Å². The molecule has 4 heterocycles. The van der Waals surface area contributed by atoms with Gasteiger partial charge in [0.05, 0.1) is 40.8 Å². The number of rotatable bonds is 3. The van der Waals surface area contributed by atoms with Crippen molar-refractivity contribution >= 4 is 34.4 Å². The van der Waals surface area contributed by atoms with Crippen LogP contribution in [0.5, 0.6) is 5.75 Å². The van der Waals surface area contributed by atoms with Crippen LogP contribution in [0.1, 0.15) is 49.1 Å². The normalized spacial score (nSPS) is 22.5. The molecule has 0 unspecified atom stereocenters. The minimum absolute atomic E-state index is 0.0309. The van der Waals surface area contributed by atoms with Crippen LogP contribution in [0.4, 0.5) is 5.82 Å². The molecule has 1 aromatic carbocycles. The van der Waals surface area contributed by atoms with Gasteiger partial charge in [0, 0.05) is 18.2 Å². The topological polar surface area (TPSA) is 118 Å².